The Bertz CT molecular complexity index is 294. The molecule has 1 heterocycles. The van der Waals surface area contributed by atoms with E-state index in [4.69, 9.17) is 4.74 Å². The van der Waals surface area contributed by atoms with Gasteiger partial charge in [0, 0.05) is 17.8 Å². The van der Waals surface area contributed by atoms with Gasteiger partial charge in [-0.05, 0) is 12.8 Å². The molecular weight excluding hydrogens is 232 g/mol. The van der Waals surface area contributed by atoms with Gasteiger partial charge in [-0.25, -0.2) is 0 Å². The number of aryl methyl sites for hydroxylation is 1. The van der Waals surface area contributed by atoms with Crippen molar-refractivity contribution in [2.75, 3.05) is 11.9 Å². The van der Waals surface area contributed by atoms with Crippen molar-refractivity contribution in [2.24, 2.45) is 12.5 Å². The molecule has 3 nitrogen and oxygen atoms in total. The molecule has 0 atom stereocenters. The lowest BCUT2D eigenvalue weighted by Gasteiger charge is -2.11. The number of hydrogen-bond acceptors (Lipinski definition) is 2. The summed E-state index contributed by atoms with van der Waals surface area (Å²) in [6.07, 6.45) is 6.20. The van der Waals surface area contributed by atoms with Gasteiger partial charge in [-0.3, -0.25) is 4.68 Å². The van der Waals surface area contributed by atoms with E-state index in [1.807, 2.05) is 13.2 Å². The van der Waals surface area contributed by atoms with Crippen molar-refractivity contribution in [2.45, 2.75) is 12.8 Å². The van der Waals surface area contributed by atoms with Crippen LogP contribution in [0, 0.1) is 5.41 Å². The fraction of sp³-hybridized carbons (Fsp3) is 0.667. The van der Waals surface area contributed by atoms with Crippen LogP contribution in [0.3, 0.4) is 0 Å². The molecule has 1 saturated carbocycles. The molecule has 1 fully saturated rings. The smallest absolute Gasteiger partial charge is 0.157 e. The molecule has 0 aliphatic heterocycles. The van der Waals surface area contributed by atoms with Crippen LogP contribution in [-0.2, 0) is 7.05 Å². The van der Waals surface area contributed by atoms with Crippen LogP contribution >= 0.6 is 15.9 Å². The van der Waals surface area contributed by atoms with E-state index in [9.17, 15) is 0 Å². The molecule has 0 bridgehead atoms. The summed E-state index contributed by atoms with van der Waals surface area (Å²) in [5.74, 6) is 0.870. The zero-order chi connectivity index (χ0) is 9.31. The molecule has 2 rings (SSSR count). The molecule has 4 heteroatoms. The van der Waals surface area contributed by atoms with Gasteiger partial charge in [0.15, 0.2) is 5.75 Å². The largest absolute Gasteiger partial charge is 0.490 e. The van der Waals surface area contributed by atoms with Crippen molar-refractivity contribution in [1.82, 2.24) is 9.78 Å². The highest BCUT2D eigenvalue weighted by Crippen LogP contribution is 2.47. The highest BCUT2D eigenvalue weighted by atomic mass is 79.9. The van der Waals surface area contributed by atoms with Crippen molar-refractivity contribution < 1.29 is 4.74 Å². The third-order valence-corrected chi connectivity index (χ3v) is 3.66. The third kappa shape index (κ3) is 2.05. The topological polar surface area (TPSA) is 27.1 Å². The molecule has 1 aromatic heterocycles. The zero-order valence-electron chi connectivity index (χ0n) is 7.66. The van der Waals surface area contributed by atoms with Crippen LogP contribution < -0.4 is 4.74 Å². The van der Waals surface area contributed by atoms with Crippen molar-refractivity contribution in [3.05, 3.63) is 12.4 Å². The molecule has 1 aliphatic carbocycles. The summed E-state index contributed by atoms with van der Waals surface area (Å²) in [7, 11) is 1.89. The predicted molar refractivity (Wildman–Crippen MR) is 54.2 cm³/mol. The second kappa shape index (κ2) is 3.33. The molecule has 1 aromatic rings. The second-order valence-corrected chi connectivity index (χ2v) is 4.33. The molecule has 0 unspecified atom stereocenters. The minimum Gasteiger partial charge on any atom is -0.490 e. The van der Waals surface area contributed by atoms with Gasteiger partial charge in [-0.15, -0.1) is 0 Å². The lowest BCUT2D eigenvalue weighted by Crippen LogP contribution is -2.13. The Labute approximate surface area is 86.2 Å². The first-order valence-corrected chi connectivity index (χ1v) is 5.54. The van der Waals surface area contributed by atoms with Crippen molar-refractivity contribution in [3.63, 3.8) is 0 Å². The van der Waals surface area contributed by atoms with E-state index in [0.717, 1.165) is 17.7 Å². The van der Waals surface area contributed by atoms with E-state index in [-0.39, 0.29) is 0 Å². The Hall–Kier alpha value is -0.510. The quantitative estimate of drug-likeness (QED) is 0.758. The van der Waals surface area contributed by atoms with Crippen LogP contribution in [0.25, 0.3) is 0 Å². The van der Waals surface area contributed by atoms with E-state index in [0.29, 0.717) is 5.41 Å². The number of ether oxygens (including phenoxy) is 1. The van der Waals surface area contributed by atoms with Crippen LogP contribution in [0.15, 0.2) is 12.4 Å². The van der Waals surface area contributed by atoms with Gasteiger partial charge < -0.3 is 4.74 Å². The van der Waals surface area contributed by atoms with Gasteiger partial charge in [0.2, 0.25) is 0 Å². The van der Waals surface area contributed by atoms with Gasteiger partial charge in [0.25, 0.3) is 0 Å². The number of aromatic nitrogens is 2. The Kier molecular flexibility index (Phi) is 2.32. The standard InChI is InChI=1S/C9H13BrN2O/c1-12-5-8(4-11-12)13-7-9(6-10)2-3-9/h4-5H,2-3,6-7H2,1H3. The fourth-order valence-corrected chi connectivity index (χ4v) is 1.93. The summed E-state index contributed by atoms with van der Waals surface area (Å²) in [6.45, 7) is 0.809. The van der Waals surface area contributed by atoms with Gasteiger partial charge >= 0.3 is 0 Å². The number of halogens is 1. The van der Waals surface area contributed by atoms with Crippen LogP contribution in [0.1, 0.15) is 12.8 Å². The minimum absolute atomic E-state index is 0.413. The maximum atomic E-state index is 5.63. The molecule has 13 heavy (non-hydrogen) atoms. The molecule has 0 saturated heterocycles. The number of rotatable bonds is 4. The predicted octanol–water partition coefficient (Wildman–Crippen LogP) is 1.97. The second-order valence-electron chi connectivity index (χ2n) is 3.77. The lowest BCUT2D eigenvalue weighted by atomic mass is 10.2. The molecule has 0 aromatic carbocycles. The normalized spacial score (nSPS) is 18.6. The third-order valence-electron chi connectivity index (χ3n) is 2.47. The van der Waals surface area contributed by atoms with Gasteiger partial charge in [-0.1, -0.05) is 15.9 Å². The first-order valence-electron chi connectivity index (χ1n) is 4.42. The average molecular weight is 245 g/mol. The first kappa shape index (κ1) is 9.06. The number of alkyl halides is 1. The van der Waals surface area contributed by atoms with Crippen molar-refractivity contribution >= 4 is 15.9 Å². The van der Waals surface area contributed by atoms with Crippen molar-refractivity contribution in [1.29, 1.82) is 0 Å². The van der Waals surface area contributed by atoms with E-state index in [1.165, 1.54) is 12.8 Å². The minimum atomic E-state index is 0.413. The Morgan fingerprint density at radius 3 is 2.92 bits per heavy atom. The summed E-state index contributed by atoms with van der Waals surface area (Å²) in [6, 6.07) is 0. The van der Waals surface area contributed by atoms with Crippen LogP contribution in [-0.4, -0.2) is 21.7 Å². The van der Waals surface area contributed by atoms with Crippen LogP contribution in [0.5, 0.6) is 5.75 Å². The summed E-state index contributed by atoms with van der Waals surface area (Å²) in [4.78, 5) is 0. The molecule has 1 aliphatic rings. The Balaban J connectivity index is 1.86. The highest BCUT2D eigenvalue weighted by molar-refractivity contribution is 9.09. The summed E-state index contributed by atoms with van der Waals surface area (Å²) in [5.41, 5.74) is 0.413. The monoisotopic (exact) mass is 244 g/mol. The van der Waals surface area contributed by atoms with Gasteiger partial charge in [0.1, 0.15) is 0 Å². The van der Waals surface area contributed by atoms with E-state index < -0.39 is 0 Å². The Morgan fingerprint density at radius 2 is 2.46 bits per heavy atom. The van der Waals surface area contributed by atoms with Crippen LogP contribution in [0.2, 0.25) is 0 Å². The number of hydrogen-bond donors (Lipinski definition) is 0. The average Bonchev–Trinajstić information content (AvgIpc) is 2.81. The van der Waals surface area contributed by atoms with E-state index in [2.05, 4.69) is 21.0 Å². The first-order chi connectivity index (χ1) is 6.24. The molecular formula is C9H13BrN2O. The maximum absolute atomic E-state index is 5.63. The molecule has 0 spiro atoms. The summed E-state index contributed by atoms with van der Waals surface area (Å²) < 4.78 is 7.38. The summed E-state index contributed by atoms with van der Waals surface area (Å²) in [5, 5.41) is 5.09. The van der Waals surface area contributed by atoms with E-state index in [1.54, 1.807) is 10.9 Å². The summed E-state index contributed by atoms with van der Waals surface area (Å²) >= 11 is 3.51. The molecule has 0 N–H and O–H groups in total. The zero-order valence-corrected chi connectivity index (χ0v) is 9.25. The van der Waals surface area contributed by atoms with E-state index >= 15 is 0 Å². The molecule has 0 amide bonds. The number of nitrogens with zero attached hydrogens (tertiary/aromatic N) is 2. The van der Waals surface area contributed by atoms with Crippen LogP contribution in [0.4, 0.5) is 0 Å². The fourth-order valence-electron chi connectivity index (χ4n) is 1.20. The van der Waals surface area contributed by atoms with Crippen molar-refractivity contribution in [3.8, 4) is 5.75 Å². The molecule has 72 valence electrons. The Morgan fingerprint density at radius 1 is 1.69 bits per heavy atom. The highest BCUT2D eigenvalue weighted by Gasteiger charge is 2.42. The SMILES string of the molecule is Cn1cc(OCC2(CBr)CC2)cn1. The molecule has 0 radical (unpaired) electrons. The van der Waals surface area contributed by atoms with Gasteiger partial charge in [0.05, 0.1) is 19.0 Å². The maximum Gasteiger partial charge on any atom is 0.157 e. The van der Waals surface area contributed by atoms with Gasteiger partial charge in [-0.2, -0.15) is 5.10 Å². The lowest BCUT2D eigenvalue weighted by molar-refractivity contribution is 0.251.